The Bertz CT molecular complexity index is 768. The lowest BCUT2D eigenvalue weighted by Gasteiger charge is -2.26. The van der Waals surface area contributed by atoms with E-state index in [0.717, 1.165) is 43.9 Å². The molecule has 0 atom stereocenters. The van der Waals surface area contributed by atoms with E-state index in [0.29, 0.717) is 12.0 Å². The van der Waals surface area contributed by atoms with Gasteiger partial charge >= 0.3 is 6.11 Å². The van der Waals surface area contributed by atoms with Gasteiger partial charge in [0.15, 0.2) is 0 Å². The van der Waals surface area contributed by atoms with Crippen LogP contribution in [0.3, 0.4) is 0 Å². The van der Waals surface area contributed by atoms with E-state index in [4.69, 9.17) is 5.10 Å². The summed E-state index contributed by atoms with van der Waals surface area (Å²) in [5.41, 5.74) is 4.30. The van der Waals surface area contributed by atoms with Crippen molar-refractivity contribution in [1.29, 1.82) is 0 Å². The van der Waals surface area contributed by atoms with Gasteiger partial charge in [-0.2, -0.15) is 13.9 Å². The average Bonchev–Trinajstić information content (AvgIpc) is 3.00. The molecule has 1 aliphatic rings. The van der Waals surface area contributed by atoms with Gasteiger partial charge in [0, 0.05) is 19.6 Å². The first-order valence-corrected chi connectivity index (χ1v) is 9.16. The lowest BCUT2D eigenvalue weighted by atomic mass is 9.91. The standard InChI is InChI=1S/C21H26F2N2O.H2/c1-14(2)20-13-19(24-25(20)17-9-5-15(3)6-10-17)16-7-11-18(12-8-16)26-21(4,22)23;/h7-8,11-14,17H,3,5-6,9-10H2,1-2,4H3;1H. The quantitative estimate of drug-likeness (QED) is 0.562. The monoisotopic (exact) mass is 362 g/mol. The summed E-state index contributed by atoms with van der Waals surface area (Å²) < 4.78 is 32.7. The fourth-order valence-electron chi connectivity index (χ4n) is 3.43. The molecule has 0 bridgehead atoms. The number of halogens is 2. The third-order valence-corrected chi connectivity index (χ3v) is 4.81. The van der Waals surface area contributed by atoms with Crippen LogP contribution in [0.25, 0.3) is 11.3 Å². The van der Waals surface area contributed by atoms with Crippen molar-refractivity contribution in [2.45, 2.75) is 64.5 Å². The second-order valence-electron chi connectivity index (χ2n) is 7.47. The highest BCUT2D eigenvalue weighted by Crippen LogP contribution is 2.35. The average molecular weight is 362 g/mol. The van der Waals surface area contributed by atoms with E-state index in [2.05, 4.69) is 35.9 Å². The number of aromatic nitrogens is 2. The number of hydrogen-bond acceptors (Lipinski definition) is 2. The Morgan fingerprint density at radius 1 is 1.23 bits per heavy atom. The lowest BCUT2D eigenvalue weighted by molar-refractivity contribution is -0.158. The van der Waals surface area contributed by atoms with Crippen molar-refractivity contribution in [2.75, 3.05) is 0 Å². The largest absolute Gasteiger partial charge is 0.433 e. The van der Waals surface area contributed by atoms with Crippen molar-refractivity contribution in [3.05, 3.63) is 48.2 Å². The van der Waals surface area contributed by atoms with Gasteiger partial charge in [-0.15, -0.1) is 0 Å². The first kappa shape index (κ1) is 18.6. The molecule has 1 aromatic carbocycles. The number of ether oxygens (including phenoxy) is 1. The second-order valence-corrected chi connectivity index (χ2v) is 7.47. The highest BCUT2D eigenvalue weighted by Gasteiger charge is 2.24. The van der Waals surface area contributed by atoms with Gasteiger partial charge in [0.05, 0.1) is 11.7 Å². The Hall–Kier alpha value is -2.17. The first-order valence-electron chi connectivity index (χ1n) is 9.16. The summed E-state index contributed by atoms with van der Waals surface area (Å²) in [6.07, 6.45) is 1.05. The summed E-state index contributed by atoms with van der Waals surface area (Å²) in [5.74, 6) is 0.512. The van der Waals surface area contributed by atoms with Crippen molar-refractivity contribution >= 4 is 0 Å². The number of allylic oxidation sites excluding steroid dienone is 1. The molecule has 142 valence electrons. The molecule has 3 nitrogen and oxygen atoms in total. The summed E-state index contributed by atoms with van der Waals surface area (Å²) in [5, 5.41) is 4.85. The Balaban J connectivity index is 0.00000261. The second kappa shape index (κ2) is 7.22. The maximum atomic E-state index is 13.0. The van der Waals surface area contributed by atoms with E-state index in [9.17, 15) is 8.78 Å². The molecule has 0 radical (unpaired) electrons. The minimum Gasteiger partial charge on any atom is -0.433 e. The maximum Gasteiger partial charge on any atom is 0.394 e. The third-order valence-electron chi connectivity index (χ3n) is 4.81. The van der Waals surface area contributed by atoms with E-state index >= 15 is 0 Å². The predicted molar refractivity (Wildman–Crippen MR) is 102 cm³/mol. The highest BCUT2D eigenvalue weighted by atomic mass is 19.3. The van der Waals surface area contributed by atoms with Crippen LogP contribution in [0.15, 0.2) is 42.5 Å². The van der Waals surface area contributed by atoms with Gasteiger partial charge in [-0.3, -0.25) is 4.68 Å². The Morgan fingerprint density at radius 2 is 1.85 bits per heavy atom. The van der Waals surface area contributed by atoms with Crippen LogP contribution in [0.4, 0.5) is 8.78 Å². The Labute approximate surface area is 155 Å². The smallest absolute Gasteiger partial charge is 0.394 e. The zero-order chi connectivity index (χ0) is 18.9. The van der Waals surface area contributed by atoms with Crippen LogP contribution < -0.4 is 4.74 Å². The van der Waals surface area contributed by atoms with Gasteiger partial charge in [0.1, 0.15) is 5.75 Å². The molecule has 1 heterocycles. The molecule has 0 saturated heterocycles. The normalized spacial score (nSPS) is 16.3. The zero-order valence-corrected chi connectivity index (χ0v) is 15.6. The number of hydrogen-bond donors (Lipinski definition) is 0. The Kier molecular flexibility index (Phi) is 5.17. The van der Waals surface area contributed by atoms with Crippen molar-refractivity contribution in [2.24, 2.45) is 0 Å². The van der Waals surface area contributed by atoms with Gasteiger partial charge in [0.2, 0.25) is 0 Å². The van der Waals surface area contributed by atoms with Crippen molar-refractivity contribution < 1.29 is 14.9 Å². The molecule has 1 saturated carbocycles. The van der Waals surface area contributed by atoms with Crippen LogP contribution >= 0.6 is 0 Å². The highest BCUT2D eigenvalue weighted by molar-refractivity contribution is 5.60. The zero-order valence-electron chi connectivity index (χ0n) is 15.6. The first-order chi connectivity index (χ1) is 12.2. The SMILES string of the molecule is C=C1CCC(n2nc(-c3ccc(OC(C)(F)F)cc3)cc2C(C)C)CC1.[HH]. The van der Waals surface area contributed by atoms with Crippen molar-refractivity contribution in [3.63, 3.8) is 0 Å². The summed E-state index contributed by atoms with van der Waals surface area (Å²) in [4.78, 5) is 0. The van der Waals surface area contributed by atoms with E-state index in [-0.39, 0.29) is 7.18 Å². The minimum absolute atomic E-state index is 0. The van der Waals surface area contributed by atoms with Crippen LogP contribution in [0, 0.1) is 0 Å². The predicted octanol–water partition coefficient (Wildman–Crippen LogP) is 6.58. The van der Waals surface area contributed by atoms with Gasteiger partial charge in [-0.25, -0.2) is 0 Å². The van der Waals surface area contributed by atoms with Gasteiger partial charge in [-0.1, -0.05) is 26.0 Å². The van der Waals surface area contributed by atoms with Crippen molar-refractivity contribution in [1.82, 2.24) is 9.78 Å². The molecular formula is C21H28F2N2O. The van der Waals surface area contributed by atoms with E-state index in [1.165, 1.54) is 11.3 Å². The molecule has 26 heavy (non-hydrogen) atoms. The summed E-state index contributed by atoms with van der Waals surface area (Å²) >= 11 is 0. The molecular weight excluding hydrogens is 334 g/mol. The maximum absolute atomic E-state index is 13.0. The van der Waals surface area contributed by atoms with Crippen LogP contribution in [0.1, 0.15) is 65.5 Å². The molecule has 0 spiro atoms. The van der Waals surface area contributed by atoms with Gasteiger partial charge in [0.25, 0.3) is 0 Å². The van der Waals surface area contributed by atoms with Crippen LogP contribution in [-0.2, 0) is 0 Å². The molecule has 1 aromatic heterocycles. The van der Waals surface area contributed by atoms with E-state index < -0.39 is 6.11 Å². The van der Waals surface area contributed by atoms with Crippen LogP contribution in [0.2, 0.25) is 0 Å². The summed E-state index contributed by atoms with van der Waals surface area (Å²) in [6, 6.07) is 9.18. The molecule has 0 aliphatic heterocycles. The number of alkyl halides is 2. The number of nitrogens with zero attached hydrogens (tertiary/aromatic N) is 2. The van der Waals surface area contributed by atoms with E-state index in [1.807, 2.05) is 0 Å². The molecule has 1 fully saturated rings. The minimum atomic E-state index is -3.18. The van der Waals surface area contributed by atoms with Gasteiger partial charge < -0.3 is 4.74 Å². The molecule has 0 amide bonds. The topological polar surface area (TPSA) is 27.1 Å². The molecule has 0 unspecified atom stereocenters. The molecule has 3 rings (SSSR count). The fourth-order valence-corrected chi connectivity index (χ4v) is 3.43. The fraction of sp³-hybridized carbons (Fsp3) is 0.476. The summed E-state index contributed by atoms with van der Waals surface area (Å²) in [7, 11) is 0. The van der Waals surface area contributed by atoms with Crippen LogP contribution in [0.5, 0.6) is 5.75 Å². The molecule has 5 heteroatoms. The third kappa shape index (κ3) is 4.32. The van der Waals surface area contributed by atoms with Crippen LogP contribution in [-0.4, -0.2) is 15.9 Å². The molecule has 0 N–H and O–H groups in total. The van der Waals surface area contributed by atoms with Gasteiger partial charge in [-0.05, 0) is 61.9 Å². The van der Waals surface area contributed by atoms with Crippen molar-refractivity contribution in [3.8, 4) is 17.0 Å². The Morgan fingerprint density at radius 3 is 2.38 bits per heavy atom. The molecule has 1 aliphatic carbocycles. The number of benzene rings is 1. The lowest BCUT2D eigenvalue weighted by Crippen LogP contribution is -2.18. The summed E-state index contributed by atoms with van der Waals surface area (Å²) in [6.45, 7) is 9.16. The van der Waals surface area contributed by atoms with E-state index in [1.54, 1.807) is 24.3 Å². The molecule has 2 aromatic rings. The number of rotatable bonds is 5.